The van der Waals surface area contributed by atoms with Crippen molar-refractivity contribution in [3.8, 4) is 11.5 Å². The Balaban J connectivity index is 2.07. The molecule has 3 aromatic carbocycles. The topological polar surface area (TPSA) is 105 Å². The number of anilines is 1. The molecule has 0 spiro atoms. The van der Waals surface area contributed by atoms with Crippen LogP contribution in [0, 0.1) is 6.92 Å². The van der Waals surface area contributed by atoms with Crippen molar-refractivity contribution in [3.05, 3.63) is 83.9 Å². The molecule has 1 atom stereocenters. The molecule has 0 aromatic heterocycles. The molecule has 0 unspecified atom stereocenters. The molecule has 3 aromatic rings. The summed E-state index contributed by atoms with van der Waals surface area (Å²) in [5, 5.41) is 2.80. The molecular formula is C30H37N3O6S. The second-order valence-electron chi connectivity index (χ2n) is 9.19. The summed E-state index contributed by atoms with van der Waals surface area (Å²) >= 11 is 0. The fourth-order valence-corrected chi connectivity index (χ4v) is 5.88. The molecule has 40 heavy (non-hydrogen) atoms. The summed E-state index contributed by atoms with van der Waals surface area (Å²) in [6.07, 6.45) is 0.358. The number of carbonyl (C=O) groups excluding carboxylic acids is 2. The zero-order valence-corrected chi connectivity index (χ0v) is 24.4. The Kier molecular flexibility index (Phi) is 10.6. The number of nitrogens with zero attached hydrogens (tertiary/aromatic N) is 2. The van der Waals surface area contributed by atoms with E-state index >= 15 is 0 Å². The number of para-hydroxylation sites is 1. The number of aryl methyl sites for hydroxylation is 1. The largest absolute Gasteiger partial charge is 0.493 e. The molecule has 0 saturated heterocycles. The van der Waals surface area contributed by atoms with Gasteiger partial charge in [0.15, 0.2) is 11.5 Å². The second kappa shape index (κ2) is 13.8. The number of nitrogens with one attached hydrogen (secondary N) is 1. The number of likely N-dealkylation sites (N-methyl/N-ethyl adjacent to an activating group) is 1. The van der Waals surface area contributed by atoms with Crippen LogP contribution in [0.5, 0.6) is 11.5 Å². The van der Waals surface area contributed by atoms with Crippen LogP contribution in [0.3, 0.4) is 0 Å². The van der Waals surface area contributed by atoms with E-state index in [2.05, 4.69) is 5.32 Å². The van der Waals surface area contributed by atoms with Crippen molar-refractivity contribution in [2.75, 3.05) is 31.6 Å². The third kappa shape index (κ3) is 7.12. The van der Waals surface area contributed by atoms with Crippen LogP contribution < -0.4 is 19.1 Å². The standard InChI is InChI=1S/C30H37N3O6S/c1-6-26(30(35)31-7-2)32(20-23-13-11-12-22(3)18-23)29(34)21-33(24-14-9-8-10-15-24)40(36,37)25-16-17-27(38-4)28(19-25)39-5/h8-19,26H,6-7,20-21H2,1-5H3,(H,31,35)/t26-/m0/s1. The summed E-state index contributed by atoms with van der Waals surface area (Å²) in [4.78, 5) is 28.4. The Hall–Kier alpha value is -4.05. The van der Waals surface area contributed by atoms with Gasteiger partial charge in [0.05, 0.1) is 24.8 Å². The summed E-state index contributed by atoms with van der Waals surface area (Å²) in [5.74, 6) is -0.181. The molecule has 3 rings (SSSR count). The van der Waals surface area contributed by atoms with E-state index in [0.29, 0.717) is 24.4 Å². The number of hydrogen-bond donors (Lipinski definition) is 1. The molecule has 0 fully saturated rings. The molecule has 0 saturated carbocycles. The number of ether oxygens (including phenoxy) is 2. The van der Waals surface area contributed by atoms with Crippen molar-refractivity contribution in [2.24, 2.45) is 0 Å². The maximum atomic E-state index is 14.0. The van der Waals surface area contributed by atoms with Gasteiger partial charge in [0.2, 0.25) is 11.8 Å². The zero-order chi connectivity index (χ0) is 29.3. The third-order valence-electron chi connectivity index (χ3n) is 6.44. The first kappa shape index (κ1) is 30.5. The van der Waals surface area contributed by atoms with Crippen LogP contribution in [0.1, 0.15) is 31.4 Å². The molecule has 0 aliphatic carbocycles. The quantitative estimate of drug-likeness (QED) is 0.333. The highest BCUT2D eigenvalue weighted by molar-refractivity contribution is 7.92. The molecule has 0 bridgehead atoms. The van der Waals surface area contributed by atoms with Crippen LogP contribution in [0.2, 0.25) is 0 Å². The maximum Gasteiger partial charge on any atom is 0.264 e. The predicted octanol–water partition coefficient (Wildman–Crippen LogP) is 4.15. The van der Waals surface area contributed by atoms with Gasteiger partial charge < -0.3 is 19.7 Å². The van der Waals surface area contributed by atoms with Gasteiger partial charge in [-0.3, -0.25) is 13.9 Å². The number of carbonyl (C=O) groups is 2. The van der Waals surface area contributed by atoms with Crippen molar-refractivity contribution < 1.29 is 27.5 Å². The van der Waals surface area contributed by atoms with Gasteiger partial charge in [-0.15, -0.1) is 0 Å². The first-order chi connectivity index (χ1) is 19.2. The summed E-state index contributed by atoms with van der Waals surface area (Å²) in [6, 6.07) is 19.6. The highest BCUT2D eigenvalue weighted by Crippen LogP contribution is 2.32. The van der Waals surface area contributed by atoms with Crippen LogP contribution in [0.25, 0.3) is 0 Å². The van der Waals surface area contributed by atoms with E-state index in [1.54, 1.807) is 30.3 Å². The lowest BCUT2D eigenvalue weighted by molar-refractivity contribution is -0.140. The van der Waals surface area contributed by atoms with Crippen LogP contribution in [0.15, 0.2) is 77.7 Å². The first-order valence-electron chi connectivity index (χ1n) is 13.1. The Morgan fingerprint density at radius 3 is 2.20 bits per heavy atom. The highest BCUT2D eigenvalue weighted by atomic mass is 32.2. The Morgan fingerprint density at radius 1 is 0.900 bits per heavy atom. The van der Waals surface area contributed by atoms with E-state index in [1.165, 1.54) is 37.3 Å². The van der Waals surface area contributed by atoms with Crippen molar-refractivity contribution in [3.63, 3.8) is 0 Å². The van der Waals surface area contributed by atoms with Crippen molar-refractivity contribution in [2.45, 2.75) is 44.7 Å². The van der Waals surface area contributed by atoms with Gasteiger partial charge in [0.1, 0.15) is 12.6 Å². The number of rotatable bonds is 13. The minimum atomic E-state index is -4.23. The predicted molar refractivity (Wildman–Crippen MR) is 155 cm³/mol. The SMILES string of the molecule is CCNC(=O)[C@H](CC)N(Cc1cccc(C)c1)C(=O)CN(c1ccccc1)S(=O)(=O)c1ccc(OC)c(OC)c1. The van der Waals surface area contributed by atoms with Crippen LogP contribution in [-0.4, -0.2) is 58.5 Å². The van der Waals surface area contributed by atoms with Gasteiger partial charge in [0.25, 0.3) is 10.0 Å². The fraction of sp³-hybridized carbons (Fsp3) is 0.333. The highest BCUT2D eigenvalue weighted by Gasteiger charge is 2.34. The number of sulfonamides is 1. The van der Waals surface area contributed by atoms with Crippen molar-refractivity contribution >= 4 is 27.5 Å². The second-order valence-corrected chi connectivity index (χ2v) is 11.1. The average molecular weight is 568 g/mol. The van der Waals surface area contributed by atoms with Crippen LogP contribution >= 0.6 is 0 Å². The summed E-state index contributed by atoms with van der Waals surface area (Å²) < 4.78 is 39.7. The van der Waals surface area contributed by atoms with E-state index in [4.69, 9.17) is 9.47 Å². The number of hydrogen-bond acceptors (Lipinski definition) is 6. The van der Waals surface area contributed by atoms with E-state index in [0.717, 1.165) is 15.4 Å². The van der Waals surface area contributed by atoms with E-state index in [9.17, 15) is 18.0 Å². The number of amides is 2. The molecule has 0 heterocycles. The molecule has 2 amide bonds. The van der Waals surface area contributed by atoms with Crippen molar-refractivity contribution in [1.29, 1.82) is 0 Å². The third-order valence-corrected chi connectivity index (χ3v) is 8.21. The molecule has 9 nitrogen and oxygen atoms in total. The molecule has 214 valence electrons. The van der Waals surface area contributed by atoms with Gasteiger partial charge in [0, 0.05) is 19.2 Å². The number of methoxy groups -OCH3 is 2. The first-order valence-corrected chi connectivity index (χ1v) is 14.5. The van der Waals surface area contributed by atoms with Gasteiger partial charge in [-0.05, 0) is 50.1 Å². The van der Waals surface area contributed by atoms with Gasteiger partial charge >= 0.3 is 0 Å². The molecular weight excluding hydrogens is 530 g/mol. The lowest BCUT2D eigenvalue weighted by Crippen LogP contribution is -2.52. The molecule has 0 radical (unpaired) electrons. The fourth-order valence-electron chi connectivity index (χ4n) is 4.45. The van der Waals surface area contributed by atoms with Gasteiger partial charge in [-0.2, -0.15) is 0 Å². The summed E-state index contributed by atoms with van der Waals surface area (Å²) in [5.41, 5.74) is 2.16. The zero-order valence-electron chi connectivity index (χ0n) is 23.6. The lowest BCUT2D eigenvalue weighted by atomic mass is 10.1. The van der Waals surface area contributed by atoms with E-state index < -0.39 is 28.5 Å². The smallest absolute Gasteiger partial charge is 0.264 e. The average Bonchev–Trinajstić information content (AvgIpc) is 2.95. The maximum absolute atomic E-state index is 14.0. The minimum absolute atomic E-state index is 0.0668. The minimum Gasteiger partial charge on any atom is -0.493 e. The molecule has 0 aliphatic rings. The van der Waals surface area contributed by atoms with Gasteiger partial charge in [-0.25, -0.2) is 8.42 Å². The Morgan fingerprint density at radius 2 is 1.60 bits per heavy atom. The Labute approximate surface area is 236 Å². The summed E-state index contributed by atoms with van der Waals surface area (Å²) in [6.45, 7) is 5.63. The van der Waals surface area contributed by atoms with E-state index in [-0.39, 0.29) is 23.1 Å². The van der Waals surface area contributed by atoms with Crippen LogP contribution in [-0.2, 0) is 26.2 Å². The Bertz CT molecular complexity index is 1410. The molecule has 10 heteroatoms. The summed E-state index contributed by atoms with van der Waals surface area (Å²) in [7, 11) is -1.35. The normalized spacial score (nSPS) is 11.8. The molecule has 1 N–H and O–H groups in total. The molecule has 0 aliphatic heterocycles. The van der Waals surface area contributed by atoms with Crippen molar-refractivity contribution in [1.82, 2.24) is 10.2 Å². The number of benzene rings is 3. The van der Waals surface area contributed by atoms with E-state index in [1.807, 2.05) is 45.0 Å². The van der Waals surface area contributed by atoms with Crippen LogP contribution in [0.4, 0.5) is 5.69 Å². The van der Waals surface area contributed by atoms with Gasteiger partial charge in [-0.1, -0.05) is 55.0 Å². The lowest BCUT2D eigenvalue weighted by Gasteiger charge is -2.33. The monoisotopic (exact) mass is 567 g/mol.